The minimum atomic E-state index is -0.0877. The second-order valence-electron chi connectivity index (χ2n) is 5.76. The van der Waals surface area contributed by atoms with Gasteiger partial charge in [-0.2, -0.15) is 0 Å². The smallest absolute Gasteiger partial charge is 0.224 e. The summed E-state index contributed by atoms with van der Waals surface area (Å²) < 4.78 is 10.7. The summed E-state index contributed by atoms with van der Waals surface area (Å²) in [6, 6.07) is 11.1. The Hall–Kier alpha value is -2.40. The zero-order valence-corrected chi connectivity index (χ0v) is 15.7. The average Bonchev–Trinajstić information content (AvgIpc) is 2.59. The molecule has 0 aromatic heterocycles. The number of ether oxygens (including phenoxy) is 2. The fourth-order valence-electron chi connectivity index (χ4n) is 2.61. The molecular formula is C19H23ClN2O3. The van der Waals surface area contributed by atoms with E-state index in [-0.39, 0.29) is 5.91 Å². The Morgan fingerprint density at radius 1 is 1.16 bits per heavy atom. The Kier molecular flexibility index (Phi) is 6.53. The van der Waals surface area contributed by atoms with Crippen molar-refractivity contribution in [2.75, 3.05) is 38.5 Å². The molecule has 0 atom stereocenters. The molecular weight excluding hydrogens is 340 g/mol. The van der Waals surface area contributed by atoms with Crippen LogP contribution in [0.2, 0.25) is 5.02 Å². The molecule has 0 fully saturated rings. The van der Waals surface area contributed by atoms with E-state index in [9.17, 15) is 4.79 Å². The molecule has 0 unspecified atom stereocenters. The Morgan fingerprint density at radius 2 is 1.92 bits per heavy atom. The van der Waals surface area contributed by atoms with Crippen LogP contribution in [0.25, 0.3) is 0 Å². The van der Waals surface area contributed by atoms with Crippen molar-refractivity contribution in [3.8, 4) is 11.5 Å². The van der Waals surface area contributed by atoms with E-state index in [4.69, 9.17) is 21.1 Å². The number of anilines is 2. The van der Waals surface area contributed by atoms with Gasteiger partial charge in [-0.05, 0) is 36.2 Å². The predicted octanol–water partition coefficient (Wildman–Crippen LogP) is 3.99. The molecule has 0 spiro atoms. The van der Waals surface area contributed by atoms with Gasteiger partial charge in [0.25, 0.3) is 0 Å². The molecule has 2 aromatic carbocycles. The largest absolute Gasteiger partial charge is 0.493 e. The van der Waals surface area contributed by atoms with Crippen molar-refractivity contribution in [3.63, 3.8) is 0 Å². The molecule has 2 aromatic rings. The average molecular weight is 363 g/mol. The van der Waals surface area contributed by atoms with E-state index in [1.54, 1.807) is 26.4 Å². The van der Waals surface area contributed by atoms with Gasteiger partial charge in [0.1, 0.15) is 0 Å². The molecule has 0 heterocycles. The molecule has 0 saturated carbocycles. The van der Waals surface area contributed by atoms with Crippen molar-refractivity contribution in [2.45, 2.75) is 12.8 Å². The summed E-state index contributed by atoms with van der Waals surface area (Å²) in [4.78, 5) is 14.3. The van der Waals surface area contributed by atoms with Crippen LogP contribution in [0.15, 0.2) is 36.4 Å². The van der Waals surface area contributed by atoms with Crippen LogP contribution in [0, 0.1) is 0 Å². The highest BCUT2D eigenvalue weighted by Crippen LogP contribution is 2.32. The van der Waals surface area contributed by atoms with Crippen molar-refractivity contribution in [1.82, 2.24) is 0 Å². The van der Waals surface area contributed by atoms with E-state index in [0.29, 0.717) is 35.1 Å². The molecule has 134 valence electrons. The molecule has 2 rings (SSSR count). The van der Waals surface area contributed by atoms with Gasteiger partial charge in [-0.25, -0.2) is 0 Å². The number of carbonyl (C=O) groups excluding carboxylic acids is 1. The van der Waals surface area contributed by atoms with Crippen molar-refractivity contribution in [2.24, 2.45) is 0 Å². The summed E-state index contributed by atoms with van der Waals surface area (Å²) in [5.74, 6) is 1.23. The highest BCUT2D eigenvalue weighted by molar-refractivity contribution is 6.31. The molecule has 1 N–H and O–H groups in total. The van der Waals surface area contributed by atoms with Crippen LogP contribution in [-0.2, 0) is 11.2 Å². The van der Waals surface area contributed by atoms with Gasteiger partial charge in [0, 0.05) is 25.5 Å². The molecule has 1 amide bonds. The molecule has 0 bridgehead atoms. The SMILES string of the molecule is COc1cccc(CCC(=O)Nc2cc(Cl)ccc2N(C)C)c1OC. The summed E-state index contributed by atoms with van der Waals surface area (Å²) in [5, 5.41) is 3.51. The van der Waals surface area contributed by atoms with Gasteiger partial charge in [0.2, 0.25) is 5.91 Å². The number of aryl methyl sites for hydroxylation is 1. The number of nitrogens with zero attached hydrogens (tertiary/aromatic N) is 1. The summed E-state index contributed by atoms with van der Waals surface area (Å²) in [6.45, 7) is 0. The number of carbonyl (C=O) groups is 1. The number of methoxy groups -OCH3 is 2. The van der Waals surface area contributed by atoms with Crippen LogP contribution < -0.4 is 19.7 Å². The molecule has 0 saturated heterocycles. The van der Waals surface area contributed by atoms with E-state index in [2.05, 4.69) is 5.32 Å². The van der Waals surface area contributed by atoms with Crippen LogP contribution >= 0.6 is 11.6 Å². The lowest BCUT2D eigenvalue weighted by atomic mass is 10.1. The Balaban J connectivity index is 2.09. The van der Waals surface area contributed by atoms with Crippen molar-refractivity contribution in [3.05, 3.63) is 47.0 Å². The van der Waals surface area contributed by atoms with Gasteiger partial charge in [-0.3, -0.25) is 4.79 Å². The fourth-order valence-corrected chi connectivity index (χ4v) is 2.78. The van der Waals surface area contributed by atoms with Gasteiger partial charge in [0.15, 0.2) is 11.5 Å². The van der Waals surface area contributed by atoms with Gasteiger partial charge < -0.3 is 19.7 Å². The van der Waals surface area contributed by atoms with Crippen LogP contribution in [0.5, 0.6) is 11.5 Å². The molecule has 0 aliphatic rings. The summed E-state index contributed by atoms with van der Waals surface area (Å²) >= 11 is 6.05. The number of para-hydroxylation sites is 1. The number of benzene rings is 2. The Labute approximate surface area is 153 Å². The van der Waals surface area contributed by atoms with E-state index >= 15 is 0 Å². The summed E-state index contributed by atoms with van der Waals surface area (Å²) in [7, 11) is 7.02. The first-order valence-corrected chi connectivity index (χ1v) is 8.30. The minimum Gasteiger partial charge on any atom is -0.493 e. The van der Waals surface area contributed by atoms with Gasteiger partial charge >= 0.3 is 0 Å². The van der Waals surface area contributed by atoms with Gasteiger partial charge in [-0.15, -0.1) is 0 Å². The number of hydrogen-bond acceptors (Lipinski definition) is 4. The van der Waals surface area contributed by atoms with Gasteiger partial charge in [-0.1, -0.05) is 23.7 Å². The van der Waals surface area contributed by atoms with E-state index in [0.717, 1.165) is 11.3 Å². The highest BCUT2D eigenvalue weighted by Gasteiger charge is 2.13. The lowest BCUT2D eigenvalue weighted by Crippen LogP contribution is -2.17. The fraction of sp³-hybridized carbons (Fsp3) is 0.316. The summed E-state index contributed by atoms with van der Waals surface area (Å²) in [5.41, 5.74) is 2.52. The monoisotopic (exact) mass is 362 g/mol. The molecule has 25 heavy (non-hydrogen) atoms. The second-order valence-corrected chi connectivity index (χ2v) is 6.19. The topological polar surface area (TPSA) is 50.8 Å². The maximum absolute atomic E-state index is 12.4. The third kappa shape index (κ3) is 4.79. The van der Waals surface area contributed by atoms with E-state index < -0.39 is 0 Å². The Morgan fingerprint density at radius 3 is 2.56 bits per heavy atom. The normalized spacial score (nSPS) is 10.3. The molecule has 0 radical (unpaired) electrons. The highest BCUT2D eigenvalue weighted by atomic mass is 35.5. The van der Waals surface area contributed by atoms with Crippen LogP contribution in [0.3, 0.4) is 0 Å². The first-order valence-electron chi connectivity index (χ1n) is 7.93. The number of amides is 1. The van der Waals surface area contributed by atoms with Crippen LogP contribution in [0.1, 0.15) is 12.0 Å². The van der Waals surface area contributed by atoms with Crippen molar-refractivity contribution in [1.29, 1.82) is 0 Å². The van der Waals surface area contributed by atoms with Crippen molar-refractivity contribution >= 4 is 28.9 Å². The Bertz CT molecular complexity index is 747. The molecule has 5 nitrogen and oxygen atoms in total. The van der Waals surface area contributed by atoms with Crippen LogP contribution in [0.4, 0.5) is 11.4 Å². The van der Waals surface area contributed by atoms with Gasteiger partial charge in [0.05, 0.1) is 25.6 Å². The standard InChI is InChI=1S/C19H23ClN2O3/c1-22(2)16-10-9-14(20)12-15(16)21-18(23)11-8-13-6-5-7-17(24-3)19(13)25-4/h5-7,9-10,12H,8,11H2,1-4H3,(H,21,23). The third-order valence-electron chi connectivity index (χ3n) is 3.82. The summed E-state index contributed by atoms with van der Waals surface area (Å²) in [6.07, 6.45) is 0.868. The molecule has 0 aliphatic carbocycles. The molecule has 0 aliphatic heterocycles. The van der Waals surface area contributed by atoms with Crippen LogP contribution in [-0.4, -0.2) is 34.2 Å². The number of halogens is 1. The predicted molar refractivity (Wildman–Crippen MR) is 102 cm³/mol. The quantitative estimate of drug-likeness (QED) is 0.809. The first kappa shape index (κ1) is 18.9. The zero-order chi connectivity index (χ0) is 18.4. The lowest BCUT2D eigenvalue weighted by molar-refractivity contribution is -0.116. The molecule has 6 heteroatoms. The van der Waals surface area contributed by atoms with E-state index in [1.807, 2.05) is 43.3 Å². The minimum absolute atomic E-state index is 0.0877. The maximum Gasteiger partial charge on any atom is 0.224 e. The first-order chi connectivity index (χ1) is 12.0. The second kappa shape index (κ2) is 8.62. The third-order valence-corrected chi connectivity index (χ3v) is 4.06. The van der Waals surface area contributed by atoms with E-state index in [1.165, 1.54) is 0 Å². The lowest BCUT2D eigenvalue weighted by Gasteiger charge is -2.18. The number of hydrogen-bond donors (Lipinski definition) is 1. The van der Waals surface area contributed by atoms with Crippen molar-refractivity contribution < 1.29 is 14.3 Å². The maximum atomic E-state index is 12.4. The zero-order valence-electron chi connectivity index (χ0n) is 14.9. The number of rotatable bonds is 7. The number of nitrogens with one attached hydrogen (secondary N) is 1.